The fraction of sp³-hybridized carbons (Fsp3) is 0.619. The molecule has 0 unspecified atom stereocenters. The number of anilines is 1. The van der Waals surface area contributed by atoms with Gasteiger partial charge in [-0.1, -0.05) is 6.92 Å². The highest BCUT2D eigenvalue weighted by Gasteiger charge is 2.30. The second kappa shape index (κ2) is 8.92. The average molecular weight is 389 g/mol. The predicted octanol–water partition coefficient (Wildman–Crippen LogP) is 2.13. The summed E-state index contributed by atoms with van der Waals surface area (Å²) in [6.45, 7) is 5.87. The van der Waals surface area contributed by atoms with Crippen molar-refractivity contribution in [2.75, 3.05) is 39.2 Å². The van der Waals surface area contributed by atoms with Crippen LogP contribution in [0, 0.1) is 11.8 Å². The number of nitrogens with one attached hydrogen (secondary N) is 2. The molecule has 0 bridgehead atoms. The van der Waals surface area contributed by atoms with Crippen LogP contribution in [0.25, 0.3) is 0 Å². The summed E-state index contributed by atoms with van der Waals surface area (Å²) >= 11 is 0. The number of carbonyl (C=O) groups is 2. The van der Waals surface area contributed by atoms with Crippen molar-refractivity contribution >= 4 is 17.5 Å². The number of rotatable bonds is 3. The molecule has 1 aromatic rings. The molecular weight excluding hydrogens is 358 g/mol. The average Bonchev–Trinajstić information content (AvgIpc) is 3.53. The Morgan fingerprint density at radius 3 is 2.75 bits per heavy atom. The van der Waals surface area contributed by atoms with Crippen LogP contribution in [0.1, 0.15) is 37.0 Å². The third-order valence-electron chi connectivity index (χ3n) is 5.44. The summed E-state index contributed by atoms with van der Waals surface area (Å²) in [5.74, 6) is 0.739. The molecule has 3 rings (SSSR count). The Bertz CT molecular complexity index is 720. The number of methoxy groups -OCH3 is 1. The Kier molecular flexibility index (Phi) is 6.57. The van der Waals surface area contributed by atoms with E-state index < -0.39 is 0 Å². The molecule has 154 valence electrons. The van der Waals surface area contributed by atoms with Crippen LogP contribution < -0.4 is 15.4 Å². The molecule has 0 aromatic heterocycles. The van der Waals surface area contributed by atoms with Gasteiger partial charge in [-0.2, -0.15) is 0 Å². The normalized spacial score (nSPS) is 26.5. The number of hydrogen-bond acceptors (Lipinski definition) is 5. The van der Waals surface area contributed by atoms with Gasteiger partial charge in [0.2, 0.25) is 5.91 Å². The molecule has 1 aromatic carbocycles. The van der Waals surface area contributed by atoms with E-state index in [2.05, 4.69) is 24.5 Å². The van der Waals surface area contributed by atoms with Crippen LogP contribution in [0.5, 0.6) is 5.75 Å². The van der Waals surface area contributed by atoms with Crippen LogP contribution in [0.3, 0.4) is 0 Å². The maximum absolute atomic E-state index is 13.1. The third-order valence-corrected chi connectivity index (χ3v) is 5.44. The number of nitrogens with zero attached hydrogens (tertiary/aromatic N) is 1. The minimum Gasteiger partial charge on any atom is -0.491 e. The summed E-state index contributed by atoms with van der Waals surface area (Å²) < 4.78 is 11.6. The number of amides is 2. The molecule has 0 radical (unpaired) electrons. The van der Waals surface area contributed by atoms with Crippen molar-refractivity contribution in [1.82, 2.24) is 10.2 Å². The van der Waals surface area contributed by atoms with Crippen molar-refractivity contribution in [3.8, 4) is 5.75 Å². The number of likely N-dealkylation sites (N-methyl/N-ethyl adjacent to an activating group) is 1. The van der Waals surface area contributed by atoms with Gasteiger partial charge in [-0.15, -0.1) is 0 Å². The quantitative estimate of drug-likeness (QED) is 0.828. The van der Waals surface area contributed by atoms with Gasteiger partial charge < -0.3 is 25.0 Å². The summed E-state index contributed by atoms with van der Waals surface area (Å²) in [5.41, 5.74) is 1.07. The van der Waals surface area contributed by atoms with Crippen molar-refractivity contribution in [1.29, 1.82) is 0 Å². The van der Waals surface area contributed by atoms with Gasteiger partial charge in [0, 0.05) is 44.9 Å². The van der Waals surface area contributed by atoms with E-state index in [-0.39, 0.29) is 35.8 Å². The van der Waals surface area contributed by atoms with Gasteiger partial charge in [0.25, 0.3) is 5.91 Å². The highest BCUT2D eigenvalue weighted by molar-refractivity contribution is 6.00. The molecule has 1 aliphatic carbocycles. The molecule has 2 amide bonds. The number of fused-ring (bicyclic) bond motifs is 1. The van der Waals surface area contributed by atoms with Crippen molar-refractivity contribution in [3.05, 3.63) is 23.8 Å². The first-order chi connectivity index (χ1) is 13.4. The lowest BCUT2D eigenvalue weighted by molar-refractivity contribution is -0.117. The SMILES string of the molecule is CO[C@@H]1CN(C)C(=O)c2cc(NC(=O)C3CC3)ccc2OC[C@H](C)NC[C@H]1C. The van der Waals surface area contributed by atoms with Crippen LogP contribution in [-0.4, -0.2) is 62.7 Å². The van der Waals surface area contributed by atoms with Gasteiger partial charge >= 0.3 is 0 Å². The zero-order chi connectivity index (χ0) is 20.3. The predicted molar refractivity (Wildman–Crippen MR) is 108 cm³/mol. The molecule has 1 heterocycles. The van der Waals surface area contributed by atoms with Gasteiger partial charge in [0.05, 0.1) is 11.7 Å². The van der Waals surface area contributed by atoms with E-state index in [1.165, 1.54) is 0 Å². The second-order valence-corrected chi connectivity index (χ2v) is 8.03. The van der Waals surface area contributed by atoms with Crippen molar-refractivity contribution in [2.45, 2.75) is 38.8 Å². The van der Waals surface area contributed by atoms with E-state index in [1.54, 1.807) is 37.3 Å². The molecule has 3 atom stereocenters. The highest BCUT2D eigenvalue weighted by Crippen LogP contribution is 2.31. The van der Waals surface area contributed by atoms with Crippen molar-refractivity contribution in [3.63, 3.8) is 0 Å². The zero-order valence-corrected chi connectivity index (χ0v) is 17.2. The molecule has 2 N–H and O–H groups in total. The van der Waals surface area contributed by atoms with Crippen LogP contribution in [0.2, 0.25) is 0 Å². The van der Waals surface area contributed by atoms with Crippen LogP contribution in [-0.2, 0) is 9.53 Å². The van der Waals surface area contributed by atoms with E-state index in [4.69, 9.17) is 9.47 Å². The molecule has 1 aliphatic heterocycles. The molecular formula is C21H31N3O4. The minimum atomic E-state index is -0.145. The summed E-state index contributed by atoms with van der Waals surface area (Å²) in [6, 6.07) is 5.40. The van der Waals surface area contributed by atoms with Gasteiger partial charge in [0.1, 0.15) is 12.4 Å². The molecule has 1 fully saturated rings. The monoisotopic (exact) mass is 389 g/mol. The van der Waals surface area contributed by atoms with Crippen molar-refractivity contribution in [2.24, 2.45) is 11.8 Å². The van der Waals surface area contributed by atoms with E-state index in [0.717, 1.165) is 19.4 Å². The molecule has 7 nitrogen and oxygen atoms in total. The number of hydrogen-bond donors (Lipinski definition) is 2. The minimum absolute atomic E-state index is 0.0147. The van der Waals surface area contributed by atoms with E-state index in [0.29, 0.717) is 30.2 Å². The fourth-order valence-electron chi connectivity index (χ4n) is 3.33. The van der Waals surface area contributed by atoms with Crippen LogP contribution >= 0.6 is 0 Å². The standard InChI is InChI=1S/C21H31N3O4/c1-13-10-22-14(2)12-28-18-8-7-16(23-20(25)15-5-6-15)9-17(18)21(26)24(3)11-19(13)27-4/h7-9,13-15,19,22H,5-6,10-12H2,1-4H3,(H,23,25)/t13-,14+,19-/m1/s1. The lowest BCUT2D eigenvalue weighted by Gasteiger charge is -2.30. The lowest BCUT2D eigenvalue weighted by atomic mass is 10.0. The Morgan fingerprint density at radius 2 is 2.07 bits per heavy atom. The maximum Gasteiger partial charge on any atom is 0.257 e. The van der Waals surface area contributed by atoms with Crippen LogP contribution in [0.4, 0.5) is 5.69 Å². The Balaban J connectivity index is 1.87. The Labute approximate surface area is 166 Å². The van der Waals surface area contributed by atoms with E-state index in [1.807, 2.05) is 0 Å². The molecule has 1 saturated carbocycles. The second-order valence-electron chi connectivity index (χ2n) is 8.03. The smallest absolute Gasteiger partial charge is 0.257 e. The van der Waals surface area contributed by atoms with Gasteiger partial charge in [-0.05, 0) is 43.9 Å². The molecule has 7 heteroatoms. The number of benzene rings is 1. The fourth-order valence-corrected chi connectivity index (χ4v) is 3.33. The first-order valence-corrected chi connectivity index (χ1v) is 9.98. The van der Waals surface area contributed by atoms with Gasteiger partial charge in [-0.25, -0.2) is 0 Å². The number of carbonyl (C=O) groups excluding carboxylic acids is 2. The summed E-state index contributed by atoms with van der Waals surface area (Å²) in [5, 5.41) is 6.37. The van der Waals surface area contributed by atoms with Gasteiger partial charge in [0.15, 0.2) is 0 Å². The topological polar surface area (TPSA) is 79.9 Å². The molecule has 2 aliphatic rings. The first-order valence-electron chi connectivity index (χ1n) is 9.98. The summed E-state index contributed by atoms with van der Waals surface area (Å²) in [6.07, 6.45) is 1.79. The Hall–Kier alpha value is -2.12. The molecule has 0 saturated heterocycles. The third kappa shape index (κ3) is 5.02. The van der Waals surface area contributed by atoms with Gasteiger partial charge in [-0.3, -0.25) is 9.59 Å². The highest BCUT2D eigenvalue weighted by atomic mass is 16.5. The first kappa shape index (κ1) is 20.6. The molecule has 0 spiro atoms. The summed E-state index contributed by atoms with van der Waals surface area (Å²) in [4.78, 5) is 26.9. The van der Waals surface area contributed by atoms with E-state index in [9.17, 15) is 9.59 Å². The molecule has 28 heavy (non-hydrogen) atoms. The summed E-state index contributed by atoms with van der Waals surface area (Å²) in [7, 11) is 3.44. The Morgan fingerprint density at radius 1 is 1.32 bits per heavy atom. The van der Waals surface area contributed by atoms with E-state index >= 15 is 0 Å². The van der Waals surface area contributed by atoms with Crippen molar-refractivity contribution < 1.29 is 19.1 Å². The lowest BCUT2D eigenvalue weighted by Crippen LogP contribution is -2.44. The van der Waals surface area contributed by atoms with Crippen LogP contribution in [0.15, 0.2) is 18.2 Å². The largest absolute Gasteiger partial charge is 0.491 e. The maximum atomic E-state index is 13.1. The zero-order valence-electron chi connectivity index (χ0n) is 17.2. The number of ether oxygens (including phenoxy) is 2.